The number of carbonyl (C=O) groups is 1. The molecule has 3 heterocycles. The molecule has 0 radical (unpaired) electrons. The van der Waals surface area contributed by atoms with Crippen LogP contribution in [0.15, 0.2) is 17.5 Å². The van der Waals surface area contributed by atoms with Gasteiger partial charge < -0.3 is 4.90 Å². The lowest BCUT2D eigenvalue weighted by Crippen LogP contribution is -2.38. The number of carbonyl (C=O) groups excluding carboxylic acids is 1. The van der Waals surface area contributed by atoms with Crippen LogP contribution in [0.5, 0.6) is 0 Å². The second-order valence-corrected chi connectivity index (χ2v) is 6.89. The first-order valence-corrected chi connectivity index (χ1v) is 8.06. The van der Waals surface area contributed by atoms with E-state index in [0.717, 1.165) is 40.8 Å². The Bertz CT molecular complexity index is 564. The molecule has 6 heteroatoms. The van der Waals surface area contributed by atoms with Crippen molar-refractivity contribution < 1.29 is 4.79 Å². The van der Waals surface area contributed by atoms with Gasteiger partial charge in [-0.3, -0.25) is 4.79 Å². The number of amides is 1. The van der Waals surface area contributed by atoms with E-state index >= 15 is 0 Å². The van der Waals surface area contributed by atoms with Crippen molar-refractivity contribution >= 4 is 28.6 Å². The Balaban J connectivity index is 1.73. The average Bonchev–Trinajstić information content (AvgIpc) is 3.09. The Morgan fingerprint density at radius 3 is 3.05 bits per heavy atom. The van der Waals surface area contributed by atoms with E-state index in [1.165, 1.54) is 11.3 Å². The number of thiophene rings is 1. The molecule has 1 aliphatic heterocycles. The highest BCUT2D eigenvalue weighted by Crippen LogP contribution is 2.29. The van der Waals surface area contributed by atoms with Gasteiger partial charge in [0.2, 0.25) is 0 Å². The van der Waals surface area contributed by atoms with Crippen LogP contribution in [0.3, 0.4) is 0 Å². The van der Waals surface area contributed by atoms with Gasteiger partial charge in [-0.2, -0.15) is 0 Å². The maximum Gasteiger partial charge on any atom is 0.263 e. The van der Waals surface area contributed by atoms with E-state index in [1.54, 1.807) is 11.3 Å². The van der Waals surface area contributed by atoms with Gasteiger partial charge in [-0.1, -0.05) is 6.07 Å². The molecule has 0 aliphatic carbocycles. The monoisotopic (exact) mass is 293 g/mol. The smallest absolute Gasteiger partial charge is 0.263 e. The molecular weight excluding hydrogens is 278 g/mol. The molecule has 2 aromatic rings. The second-order valence-electron chi connectivity index (χ2n) is 4.73. The van der Waals surface area contributed by atoms with E-state index in [1.807, 2.05) is 29.3 Å². The lowest BCUT2D eigenvalue weighted by molar-refractivity contribution is 0.0712. The van der Waals surface area contributed by atoms with Crippen LogP contribution in [0.1, 0.15) is 38.4 Å². The van der Waals surface area contributed by atoms with Crippen molar-refractivity contribution in [1.29, 1.82) is 0 Å². The molecule has 0 spiro atoms. The van der Waals surface area contributed by atoms with Gasteiger partial charge in [-0.15, -0.1) is 32.9 Å². The number of hydrogen-bond donors (Lipinski definition) is 0. The van der Waals surface area contributed by atoms with Crippen LogP contribution in [0.2, 0.25) is 0 Å². The summed E-state index contributed by atoms with van der Waals surface area (Å²) >= 11 is 3.16. The van der Waals surface area contributed by atoms with Crippen molar-refractivity contribution in [3.63, 3.8) is 0 Å². The molecule has 0 N–H and O–H groups in total. The average molecular weight is 293 g/mol. The Morgan fingerprint density at radius 1 is 1.47 bits per heavy atom. The summed E-state index contributed by atoms with van der Waals surface area (Å²) in [5.74, 6) is 0.504. The van der Waals surface area contributed by atoms with Crippen LogP contribution in [0, 0.1) is 6.92 Å². The fourth-order valence-electron chi connectivity index (χ4n) is 2.40. The third-order valence-electron chi connectivity index (χ3n) is 3.33. The fraction of sp³-hybridized carbons (Fsp3) is 0.462. The lowest BCUT2D eigenvalue weighted by Gasteiger charge is -2.31. The van der Waals surface area contributed by atoms with Crippen molar-refractivity contribution in [3.05, 3.63) is 32.4 Å². The fourth-order valence-corrected chi connectivity index (χ4v) is 3.91. The molecule has 0 unspecified atom stereocenters. The molecule has 0 saturated carbocycles. The minimum Gasteiger partial charge on any atom is -0.337 e. The molecular formula is C13H15N3OS2. The lowest BCUT2D eigenvalue weighted by atomic mass is 9.98. The van der Waals surface area contributed by atoms with Crippen LogP contribution in [-0.2, 0) is 0 Å². The third kappa shape index (κ3) is 2.69. The van der Waals surface area contributed by atoms with Crippen LogP contribution in [0.4, 0.5) is 0 Å². The minimum atomic E-state index is 0.154. The highest BCUT2D eigenvalue weighted by atomic mass is 32.1. The first-order chi connectivity index (χ1) is 9.24. The molecule has 1 atom stereocenters. The molecule has 1 fully saturated rings. The van der Waals surface area contributed by atoms with Crippen LogP contribution in [-0.4, -0.2) is 34.1 Å². The number of rotatable bonds is 2. The van der Waals surface area contributed by atoms with Gasteiger partial charge >= 0.3 is 0 Å². The summed E-state index contributed by atoms with van der Waals surface area (Å²) in [7, 11) is 0. The van der Waals surface area contributed by atoms with E-state index in [9.17, 15) is 4.79 Å². The Hall–Kier alpha value is -1.27. The zero-order valence-corrected chi connectivity index (χ0v) is 12.3. The highest BCUT2D eigenvalue weighted by Gasteiger charge is 2.27. The van der Waals surface area contributed by atoms with E-state index in [4.69, 9.17) is 0 Å². The summed E-state index contributed by atoms with van der Waals surface area (Å²) in [6, 6.07) is 3.82. The highest BCUT2D eigenvalue weighted by molar-refractivity contribution is 7.12. The van der Waals surface area contributed by atoms with Crippen molar-refractivity contribution in [1.82, 2.24) is 15.1 Å². The maximum absolute atomic E-state index is 12.3. The standard InChI is InChI=1S/C13H15N3OS2/c1-9-14-15-12(19-9)10-4-2-6-16(8-10)13(17)11-5-3-7-18-11/h3,5,7,10H,2,4,6,8H2,1H3/t10-/m0/s1. The number of hydrogen-bond acceptors (Lipinski definition) is 5. The molecule has 0 bridgehead atoms. The molecule has 19 heavy (non-hydrogen) atoms. The Kier molecular flexibility index (Phi) is 3.61. The summed E-state index contributed by atoms with van der Waals surface area (Å²) in [5.41, 5.74) is 0. The number of likely N-dealkylation sites (tertiary alicyclic amines) is 1. The van der Waals surface area contributed by atoms with Gasteiger partial charge in [0, 0.05) is 19.0 Å². The van der Waals surface area contributed by atoms with Gasteiger partial charge in [-0.25, -0.2) is 0 Å². The van der Waals surface area contributed by atoms with Crippen LogP contribution < -0.4 is 0 Å². The maximum atomic E-state index is 12.3. The largest absolute Gasteiger partial charge is 0.337 e. The molecule has 3 rings (SSSR count). The van der Waals surface area contributed by atoms with E-state index in [0.29, 0.717) is 5.92 Å². The van der Waals surface area contributed by atoms with Gasteiger partial charge in [0.05, 0.1) is 4.88 Å². The molecule has 0 aromatic carbocycles. The zero-order chi connectivity index (χ0) is 13.2. The number of nitrogens with zero attached hydrogens (tertiary/aromatic N) is 3. The number of aryl methyl sites for hydroxylation is 1. The molecule has 1 saturated heterocycles. The predicted octanol–water partition coefficient (Wildman–Crippen LogP) is 2.93. The van der Waals surface area contributed by atoms with Crippen molar-refractivity contribution in [2.75, 3.05) is 13.1 Å². The van der Waals surface area contributed by atoms with E-state index in [-0.39, 0.29) is 5.91 Å². The van der Waals surface area contributed by atoms with Gasteiger partial charge in [0.15, 0.2) is 0 Å². The Labute approximate surface area is 120 Å². The Morgan fingerprint density at radius 2 is 2.37 bits per heavy atom. The number of aromatic nitrogens is 2. The normalized spacial score (nSPS) is 19.6. The third-order valence-corrected chi connectivity index (χ3v) is 5.19. The van der Waals surface area contributed by atoms with Crippen molar-refractivity contribution in [2.24, 2.45) is 0 Å². The van der Waals surface area contributed by atoms with Crippen molar-refractivity contribution in [2.45, 2.75) is 25.7 Å². The molecule has 1 aliphatic rings. The molecule has 4 nitrogen and oxygen atoms in total. The predicted molar refractivity (Wildman–Crippen MR) is 76.8 cm³/mol. The number of piperidine rings is 1. The minimum absolute atomic E-state index is 0.154. The SMILES string of the molecule is Cc1nnc([C@H]2CCCN(C(=O)c3cccs3)C2)s1. The van der Waals surface area contributed by atoms with Gasteiger partial charge in [-0.05, 0) is 31.2 Å². The molecule has 100 valence electrons. The van der Waals surface area contributed by atoms with Crippen LogP contribution in [0.25, 0.3) is 0 Å². The van der Waals surface area contributed by atoms with E-state index in [2.05, 4.69) is 10.2 Å². The van der Waals surface area contributed by atoms with E-state index < -0.39 is 0 Å². The van der Waals surface area contributed by atoms with Crippen LogP contribution >= 0.6 is 22.7 Å². The first-order valence-electron chi connectivity index (χ1n) is 6.37. The summed E-state index contributed by atoms with van der Waals surface area (Å²) in [5, 5.41) is 12.3. The van der Waals surface area contributed by atoms with Gasteiger partial charge in [0.1, 0.15) is 10.0 Å². The zero-order valence-electron chi connectivity index (χ0n) is 10.7. The summed E-state index contributed by atoms with van der Waals surface area (Å²) in [6.07, 6.45) is 2.14. The van der Waals surface area contributed by atoms with Gasteiger partial charge in [0.25, 0.3) is 5.91 Å². The quantitative estimate of drug-likeness (QED) is 0.855. The van der Waals surface area contributed by atoms with Crippen molar-refractivity contribution in [3.8, 4) is 0 Å². The summed E-state index contributed by atoms with van der Waals surface area (Å²) < 4.78 is 0. The summed E-state index contributed by atoms with van der Waals surface area (Å²) in [4.78, 5) is 15.1. The molecule has 2 aromatic heterocycles. The molecule has 1 amide bonds. The summed E-state index contributed by atoms with van der Waals surface area (Å²) in [6.45, 7) is 3.59. The topological polar surface area (TPSA) is 46.1 Å². The first kappa shape index (κ1) is 12.7. The second kappa shape index (κ2) is 5.38.